The van der Waals surface area contributed by atoms with Crippen LogP contribution in [0.4, 0.5) is 0 Å². The van der Waals surface area contributed by atoms with Gasteiger partial charge >= 0.3 is 5.97 Å². The normalized spacial score (nSPS) is 59.1. The number of aliphatic hydroxyl groups excluding tert-OH is 1. The van der Waals surface area contributed by atoms with Crippen LogP contribution in [0, 0.1) is 23.7 Å². The molecule has 1 unspecified atom stereocenters. The smallest absolute Gasteiger partial charge is 0.311 e. The number of fused-ring (bicyclic) bond motifs is 2. The first kappa shape index (κ1) is 13.9. The molecule has 5 aliphatic rings. The molecule has 4 heterocycles. The van der Waals surface area contributed by atoms with E-state index in [1.54, 1.807) is 6.92 Å². The maximum absolute atomic E-state index is 12.1. The summed E-state index contributed by atoms with van der Waals surface area (Å²) in [5, 5.41) is 10.4. The van der Waals surface area contributed by atoms with Crippen LogP contribution >= 0.6 is 0 Å². The van der Waals surface area contributed by atoms with Gasteiger partial charge in [0, 0.05) is 18.3 Å². The molecule has 6 nitrogen and oxygen atoms in total. The topological polar surface area (TPSA) is 74.2 Å². The van der Waals surface area contributed by atoms with Crippen molar-refractivity contribution in [1.29, 1.82) is 0 Å². The Morgan fingerprint density at radius 1 is 1.24 bits per heavy atom. The van der Waals surface area contributed by atoms with Crippen molar-refractivity contribution >= 4 is 5.97 Å². The predicted octanol–water partition coefficient (Wildman–Crippen LogP) is 1.37. The van der Waals surface area contributed by atoms with Gasteiger partial charge in [-0.2, -0.15) is 0 Å². The highest BCUT2D eigenvalue weighted by Crippen LogP contribution is 2.59. The number of carbonyl (C=O) groups excluding carboxylic acids is 1. The number of aliphatic hydroxyl groups is 1. The molecule has 5 rings (SSSR count). The van der Waals surface area contributed by atoms with E-state index in [0.717, 1.165) is 6.42 Å². The Hall–Kier alpha value is -0.690. The van der Waals surface area contributed by atoms with Crippen LogP contribution in [0.3, 0.4) is 0 Å². The van der Waals surface area contributed by atoms with Crippen molar-refractivity contribution in [3.05, 3.63) is 0 Å². The fourth-order valence-corrected chi connectivity index (χ4v) is 4.72. The van der Waals surface area contributed by atoms with E-state index in [9.17, 15) is 9.90 Å². The van der Waals surface area contributed by atoms with Crippen LogP contribution in [-0.2, 0) is 24.0 Å². The Labute approximate surface area is 123 Å². The monoisotopic (exact) mass is 298 g/mol. The molecule has 6 heteroatoms. The third-order valence-corrected chi connectivity index (χ3v) is 6.09. The molecule has 5 fully saturated rings. The Bertz CT molecular complexity index is 477. The highest BCUT2D eigenvalue weighted by molar-refractivity contribution is 5.74. The maximum Gasteiger partial charge on any atom is 0.311 e. The zero-order chi connectivity index (χ0) is 15.0. The second-order valence-electron chi connectivity index (χ2n) is 7.24. The van der Waals surface area contributed by atoms with Crippen molar-refractivity contribution in [2.24, 2.45) is 23.7 Å². The fraction of sp³-hybridized carbons (Fsp3) is 0.933. The zero-order valence-electron chi connectivity index (χ0n) is 12.6. The van der Waals surface area contributed by atoms with E-state index >= 15 is 0 Å². The van der Waals surface area contributed by atoms with Gasteiger partial charge in [-0.05, 0) is 25.7 Å². The minimum Gasteiger partial charge on any atom is -0.432 e. The number of carbonyl (C=O) groups is 1. The number of ether oxygens (including phenoxy) is 2. The lowest BCUT2D eigenvalue weighted by atomic mass is 9.57. The first-order valence-corrected chi connectivity index (χ1v) is 7.80. The van der Waals surface area contributed by atoms with E-state index in [1.165, 1.54) is 0 Å². The summed E-state index contributed by atoms with van der Waals surface area (Å²) < 4.78 is 11.5. The van der Waals surface area contributed by atoms with Crippen LogP contribution in [0.25, 0.3) is 0 Å². The number of hydrogen-bond acceptors (Lipinski definition) is 6. The summed E-state index contributed by atoms with van der Waals surface area (Å²) >= 11 is 0. The van der Waals surface area contributed by atoms with Gasteiger partial charge in [-0.3, -0.25) is 4.79 Å². The highest BCUT2D eigenvalue weighted by atomic mass is 17.3. The SMILES string of the molecule is C[C@@H]1C(O)C[C@H]2[C@@H](C)C(=O)O[C@@H]3O[C@]4(C)CC[C@@H]1[C@]32OO4. The van der Waals surface area contributed by atoms with Crippen molar-refractivity contribution in [3.63, 3.8) is 0 Å². The summed E-state index contributed by atoms with van der Waals surface area (Å²) in [5.74, 6) is -1.54. The molecule has 1 saturated carbocycles. The molecule has 118 valence electrons. The van der Waals surface area contributed by atoms with Crippen molar-refractivity contribution in [1.82, 2.24) is 0 Å². The molecule has 1 spiro atoms. The third kappa shape index (κ3) is 1.64. The molecule has 0 aromatic rings. The van der Waals surface area contributed by atoms with Gasteiger partial charge in [0.05, 0.1) is 12.0 Å². The van der Waals surface area contributed by atoms with Crippen LogP contribution < -0.4 is 0 Å². The second kappa shape index (κ2) is 4.19. The van der Waals surface area contributed by atoms with Gasteiger partial charge in [0.25, 0.3) is 0 Å². The molecule has 2 bridgehead atoms. The Kier molecular flexibility index (Phi) is 2.78. The summed E-state index contributed by atoms with van der Waals surface area (Å²) in [6, 6.07) is 0. The first-order chi connectivity index (χ1) is 9.87. The van der Waals surface area contributed by atoms with Gasteiger partial charge in [-0.25, -0.2) is 9.78 Å². The molecule has 21 heavy (non-hydrogen) atoms. The summed E-state index contributed by atoms with van der Waals surface area (Å²) in [6.07, 6.45) is 0.812. The molecular weight excluding hydrogens is 276 g/mol. The fourth-order valence-electron chi connectivity index (χ4n) is 4.72. The number of hydrogen-bond donors (Lipinski definition) is 1. The third-order valence-electron chi connectivity index (χ3n) is 6.09. The molecular formula is C15H22O6. The molecule has 8 atom stereocenters. The summed E-state index contributed by atoms with van der Waals surface area (Å²) in [5.41, 5.74) is -0.790. The van der Waals surface area contributed by atoms with Gasteiger partial charge in [0.1, 0.15) is 0 Å². The van der Waals surface area contributed by atoms with Gasteiger partial charge in [0.15, 0.2) is 5.60 Å². The molecule has 4 saturated heterocycles. The van der Waals surface area contributed by atoms with E-state index < -0.39 is 23.8 Å². The second-order valence-corrected chi connectivity index (χ2v) is 7.24. The molecule has 0 aromatic heterocycles. The predicted molar refractivity (Wildman–Crippen MR) is 69.4 cm³/mol. The van der Waals surface area contributed by atoms with Gasteiger partial charge in [0.2, 0.25) is 12.1 Å². The number of esters is 1. The van der Waals surface area contributed by atoms with E-state index in [-0.39, 0.29) is 29.6 Å². The summed E-state index contributed by atoms with van der Waals surface area (Å²) in [7, 11) is 0. The van der Waals surface area contributed by atoms with Crippen LogP contribution in [0.2, 0.25) is 0 Å². The average Bonchev–Trinajstić information content (AvgIpc) is 2.66. The van der Waals surface area contributed by atoms with Gasteiger partial charge in [-0.1, -0.05) is 13.8 Å². The molecule has 0 radical (unpaired) electrons. The van der Waals surface area contributed by atoms with Crippen molar-refractivity contribution in [2.75, 3.05) is 0 Å². The van der Waals surface area contributed by atoms with Crippen LogP contribution in [0.5, 0.6) is 0 Å². The lowest BCUT2D eigenvalue weighted by molar-refractivity contribution is -0.560. The molecule has 1 N–H and O–H groups in total. The largest absolute Gasteiger partial charge is 0.432 e. The summed E-state index contributed by atoms with van der Waals surface area (Å²) in [4.78, 5) is 23.6. The van der Waals surface area contributed by atoms with E-state index in [1.807, 2.05) is 13.8 Å². The zero-order valence-corrected chi connectivity index (χ0v) is 12.6. The quantitative estimate of drug-likeness (QED) is 0.538. The maximum atomic E-state index is 12.1. The molecule has 0 amide bonds. The minimum absolute atomic E-state index is 0.0520. The Balaban J connectivity index is 1.85. The molecule has 1 aliphatic carbocycles. The van der Waals surface area contributed by atoms with Crippen molar-refractivity contribution < 1.29 is 29.1 Å². The average molecular weight is 298 g/mol. The first-order valence-electron chi connectivity index (χ1n) is 7.80. The van der Waals surface area contributed by atoms with Crippen LogP contribution in [-0.4, -0.2) is 34.9 Å². The van der Waals surface area contributed by atoms with Crippen molar-refractivity contribution in [2.45, 2.75) is 63.8 Å². The standard InChI is InChI=1S/C15H22O6/c1-7-9-4-5-14(3)19-13-15(9,21-20-14)10(6-11(7)16)8(2)12(17)18-13/h7-11,13,16H,4-6H2,1-3H3/t7-,8+,9-,10-,11?,13+,14-,15+/m0/s1. The molecule has 0 aromatic carbocycles. The van der Waals surface area contributed by atoms with Crippen LogP contribution in [0.1, 0.15) is 40.0 Å². The van der Waals surface area contributed by atoms with Gasteiger partial charge < -0.3 is 14.6 Å². The van der Waals surface area contributed by atoms with E-state index in [4.69, 9.17) is 19.2 Å². The van der Waals surface area contributed by atoms with Gasteiger partial charge in [-0.15, -0.1) is 0 Å². The van der Waals surface area contributed by atoms with Crippen molar-refractivity contribution in [3.8, 4) is 0 Å². The summed E-state index contributed by atoms with van der Waals surface area (Å²) in [6.45, 7) is 5.67. The molecule has 4 aliphatic heterocycles. The Morgan fingerprint density at radius 2 is 2.00 bits per heavy atom. The Morgan fingerprint density at radius 3 is 2.76 bits per heavy atom. The highest BCUT2D eigenvalue weighted by Gasteiger charge is 2.71. The van der Waals surface area contributed by atoms with Crippen LogP contribution in [0.15, 0.2) is 0 Å². The lowest BCUT2D eigenvalue weighted by Gasteiger charge is -2.58. The minimum atomic E-state index is -0.886. The number of rotatable bonds is 0. The lowest BCUT2D eigenvalue weighted by Crippen LogP contribution is -2.71. The van der Waals surface area contributed by atoms with E-state index in [0.29, 0.717) is 12.8 Å². The van der Waals surface area contributed by atoms with E-state index in [2.05, 4.69) is 0 Å².